The summed E-state index contributed by atoms with van der Waals surface area (Å²) in [7, 11) is 0. The minimum absolute atomic E-state index is 0.0281. The quantitative estimate of drug-likeness (QED) is 0.338. The average molecular weight is 457 g/mol. The van der Waals surface area contributed by atoms with E-state index in [0.29, 0.717) is 17.9 Å². The first kappa shape index (κ1) is 20.8. The predicted octanol–water partition coefficient (Wildman–Crippen LogP) is 4.61. The molecule has 3 aromatic heterocycles. The molecule has 0 saturated heterocycles. The Hall–Kier alpha value is -2.49. The summed E-state index contributed by atoms with van der Waals surface area (Å²) in [6.07, 6.45) is 0. The fraction of sp³-hybridized carbons (Fsp3) is 0.238. The Balaban J connectivity index is 1.57. The molecule has 9 heteroatoms. The lowest BCUT2D eigenvalue weighted by molar-refractivity contribution is 0.100. The summed E-state index contributed by atoms with van der Waals surface area (Å²) in [5, 5.41) is 4.34. The number of carbonyl (C=O) groups is 1. The van der Waals surface area contributed by atoms with Crippen LogP contribution >= 0.6 is 34.4 Å². The molecule has 2 N–H and O–H groups in total. The number of aryl methyl sites for hydroxylation is 2. The van der Waals surface area contributed by atoms with Crippen molar-refractivity contribution in [1.82, 2.24) is 14.5 Å². The van der Waals surface area contributed by atoms with Crippen molar-refractivity contribution < 1.29 is 4.79 Å². The number of thiazole rings is 1. The van der Waals surface area contributed by atoms with Crippen LogP contribution in [0.3, 0.4) is 0 Å². The van der Waals surface area contributed by atoms with Gasteiger partial charge in [0.15, 0.2) is 5.16 Å². The van der Waals surface area contributed by atoms with E-state index in [1.165, 1.54) is 11.8 Å². The van der Waals surface area contributed by atoms with Crippen LogP contribution in [0.5, 0.6) is 0 Å². The number of hydrogen-bond donors (Lipinski definition) is 1. The number of thiophene rings is 1. The van der Waals surface area contributed by atoms with Crippen molar-refractivity contribution in [3.8, 4) is 10.6 Å². The zero-order valence-corrected chi connectivity index (χ0v) is 19.2. The van der Waals surface area contributed by atoms with Crippen LogP contribution in [0.15, 0.2) is 39.6 Å². The molecular formula is C21H20N4O2S3. The van der Waals surface area contributed by atoms with Gasteiger partial charge in [-0.3, -0.25) is 14.2 Å². The number of rotatable bonds is 6. The standard InChI is InChI=1S/C21H20N4O2S3/c1-4-25-20(27)16-11(2)12(3)30-19(16)24-21(25)29-10-15-9-28-18(23-15)14-7-5-13(6-8-14)17(22)26/h5-9H,4,10H2,1-3H3,(H2,22,26). The van der Waals surface area contributed by atoms with Crippen LogP contribution in [-0.4, -0.2) is 20.4 Å². The van der Waals surface area contributed by atoms with E-state index in [-0.39, 0.29) is 5.56 Å². The smallest absolute Gasteiger partial charge is 0.263 e. The number of hydrogen-bond acceptors (Lipinski definition) is 7. The largest absolute Gasteiger partial charge is 0.366 e. The van der Waals surface area contributed by atoms with Gasteiger partial charge in [-0.05, 0) is 38.5 Å². The second-order valence-corrected chi connectivity index (χ2v) is 9.79. The van der Waals surface area contributed by atoms with Crippen LogP contribution < -0.4 is 11.3 Å². The van der Waals surface area contributed by atoms with Gasteiger partial charge in [0.25, 0.3) is 5.56 Å². The molecule has 3 heterocycles. The SMILES string of the molecule is CCn1c(SCc2csc(-c3ccc(C(N)=O)cc3)n2)nc2sc(C)c(C)c2c1=O. The first-order valence-electron chi connectivity index (χ1n) is 9.37. The van der Waals surface area contributed by atoms with Crippen LogP contribution in [0.25, 0.3) is 20.8 Å². The summed E-state index contributed by atoms with van der Waals surface area (Å²) in [6.45, 7) is 6.55. The number of nitrogens with two attached hydrogens (primary N) is 1. The third-order valence-electron chi connectivity index (χ3n) is 4.89. The molecule has 30 heavy (non-hydrogen) atoms. The Bertz CT molecular complexity index is 1300. The number of carbonyl (C=O) groups excluding carboxylic acids is 1. The highest BCUT2D eigenvalue weighted by molar-refractivity contribution is 7.98. The topological polar surface area (TPSA) is 90.9 Å². The molecule has 0 unspecified atom stereocenters. The summed E-state index contributed by atoms with van der Waals surface area (Å²) in [6, 6.07) is 7.11. The summed E-state index contributed by atoms with van der Waals surface area (Å²) >= 11 is 4.64. The molecule has 0 aliphatic carbocycles. The second kappa shape index (κ2) is 8.33. The van der Waals surface area contributed by atoms with Gasteiger partial charge in [-0.1, -0.05) is 23.9 Å². The highest BCUT2D eigenvalue weighted by Gasteiger charge is 2.16. The molecule has 1 amide bonds. The summed E-state index contributed by atoms with van der Waals surface area (Å²) < 4.78 is 1.74. The average Bonchev–Trinajstić information content (AvgIpc) is 3.31. The number of nitrogens with zero attached hydrogens (tertiary/aromatic N) is 3. The fourth-order valence-electron chi connectivity index (χ4n) is 3.12. The molecule has 6 nitrogen and oxygen atoms in total. The van der Waals surface area contributed by atoms with E-state index in [2.05, 4.69) is 0 Å². The second-order valence-electron chi connectivity index (χ2n) is 6.78. The number of aromatic nitrogens is 3. The number of thioether (sulfide) groups is 1. The van der Waals surface area contributed by atoms with Crippen LogP contribution in [-0.2, 0) is 12.3 Å². The van der Waals surface area contributed by atoms with Crippen molar-refractivity contribution in [3.63, 3.8) is 0 Å². The van der Waals surface area contributed by atoms with E-state index in [0.717, 1.165) is 42.1 Å². The highest BCUT2D eigenvalue weighted by atomic mass is 32.2. The van der Waals surface area contributed by atoms with Crippen molar-refractivity contribution in [2.45, 2.75) is 38.2 Å². The molecule has 0 atom stereocenters. The molecule has 0 bridgehead atoms. The first-order valence-corrected chi connectivity index (χ1v) is 12.0. The van der Waals surface area contributed by atoms with Crippen molar-refractivity contribution in [1.29, 1.82) is 0 Å². The van der Waals surface area contributed by atoms with Crippen molar-refractivity contribution in [2.75, 3.05) is 0 Å². The Morgan fingerprint density at radius 1 is 1.20 bits per heavy atom. The third-order valence-corrected chi connectivity index (χ3v) is 7.94. The van der Waals surface area contributed by atoms with Gasteiger partial charge in [0.2, 0.25) is 5.91 Å². The molecule has 4 rings (SSSR count). The molecular weight excluding hydrogens is 436 g/mol. The van der Waals surface area contributed by atoms with E-state index in [4.69, 9.17) is 15.7 Å². The predicted molar refractivity (Wildman–Crippen MR) is 125 cm³/mol. The molecule has 0 saturated carbocycles. The molecule has 154 valence electrons. The monoisotopic (exact) mass is 456 g/mol. The van der Waals surface area contributed by atoms with Gasteiger partial charge in [-0.2, -0.15) is 0 Å². The molecule has 0 aliphatic heterocycles. The van der Waals surface area contributed by atoms with Crippen LogP contribution in [0, 0.1) is 13.8 Å². The minimum Gasteiger partial charge on any atom is -0.366 e. The first-order chi connectivity index (χ1) is 14.4. The lowest BCUT2D eigenvalue weighted by Crippen LogP contribution is -2.22. The van der Waals surface area contributed by atoms with Crippen molar-refractivity contribution in [2.24, 2.45) is 5.73 Å². The van der Waals surface area contributed by atoms with Crippen LogP contribution in [0.4, 0.5) is 0 Å². The van der Waals surface area contributed by atoms with Gasteiger partial charge in [0.05, 0.1) is 11.1 Å². The van der Waals surface area contributed by atoms with E-state index in [1.807, 2.05) is 38.3 Å². The van der Waals surface area contributed by atoms with E-state index >= 15 is 0 Å². The van der Waals surface area contributed by atoms with Gasteiger partial charge >= 0.3 is 0 Å². The van der Waals surface area contributed by atoms with Crippen LogP contribution in [0.1, 0.15) is 33.4 Å². The maximum Gasteiger partial charge on any atom is 0.263 e. The zero-order valence-electron chi connectivity index (χ0n) is 16.8. The Morgan fingerprint density at radius 2 is 1.93 bits per heavy atom. The van der Waals surface area contributed by atoms with Gasteiger partial charge < -0.3 is 5.73 Å². The van der Waals surface area contributed by atoms with Gasteiger partial charge in [-0.25, -0.2) is 9.97 Å². The van der Waals surface area contributed by atoms with Crippen molar-refractivity contribution >= 4 is 50.6 Å². The Morgan fingerprint density at radius 3 is 2.60 bits per heavy atom. The van der Waals surface area contributed by atoms with Gasteiger partial charge in [0, 0.05) is 33.7 Å². The lowest BCUT2D eigenvalue weighted by atomic mass is 10.1. The number of amides is 1. The van der Waals surface area contributed by atoms with Crippen LogP contribution in [0.2, 0.25) is 0 Å². The molecule has 0 aliphatic rings. The van der Waals surface area contributed by atoms with Gasteiger partial charge in [0.1, 0.15) is 9.84 Å². The van der Waals surface area contributed by atoms with E-state index < -0.39 is 5.91 Å². The number of benzene rings is 1. The van der Waals surface area contributed by atoms with Gasteiger partial charge in [-0.15, -0.1) is 22.7 Å². The minimum atomic E-state index is -0.444. The Kier molecular flexibility index (Phi) is 5.77. The third kappa shape index (κ3) is 3.80. The summed E-state index contributed by atoms with van der Waals surface area (Å²) in [5.74, 6) is 0.178. The maximum atomic E-state index is 13.0. The molecule has 0 spiro atoms. The molecule has 1 aromatic carbocycles. The van der Waals surface area contributed by atoms with E-state index in [1.54, 1.807) is 39.4 Å². The highest BCUT2D eigenvalue weighted by Crippen LogP contribution is 2.31. The molecule has 0 radical (unpaired) electrons. The molecule has 0 fully saturated rings. The molecule has 4 aromatic rings. The number of primary amides is 1. The zero-order chi connectivity index (χ0) is 21.4. The Labute approximate surface area is 185 Å². The number of fused-ring (bicyclic) bond motifs is 1. The van der Waals surface area contributed by atoms with Crippen molar-refractivity contribution in [3.05, 3.63) is 61.7 Å². The normalized spacial score (nSPS) is 11.3. The van der Waals surface area contributed by atoms with E-state index in [9.17, 15) is 9.59 Å². The maximum absolute atomic E-state index is 13.0. The summed E-state index contributed by atoms with van der Waals surface area (Å²) in [4.78, 5) is 35.6. The summed E-state index contributed by atoms with van der Waals surface area (Å²) in [5.41, 5.74) is 8.69. The lowest BCUT2D eigenvalue weighted by Gasteiger charge is -2.09. The fourth-order valence-corrected chi connectivity index (χ4v) is 6.08.